The molecular weight excluding hydrogens is 534 g/mol. The summed E-state index contributed by atoms with van der Waals surface area (Å²) < 4.78 is 58.9. The molecule has 35 heavy (non-hydrogen) atoms. The third-order valence-corrected chi connectivity index (χ3v) is 9.87. The molecule has 1 N–H and O–H groups in total. The Morgan fingerprint density at radius 1 is 1.17 bits per heavy atom. The fourth-order valence-corrected chi connectivity index (χ4v) is 7.98. The molecule has 8 nitrogen and oxygen atoms in total. The molecule has 2 heterocycles. The van der Waals surface area contributed by atoms with Crippen molar-refractivity contribution in [3.05, 3.63) is 41.0 Å². The van der Waals surface area contributed by atoms with Gasteiger partial charge in [0.15, 0.2) is 19.7 Å². The van der Waals surface area contributed by atoms with E-state index in [1.54, 1.807) is 35.8 Å². The zero-order valence-electron chi connectivity index (χ0n) is 19.4. The Bertz CT molecular complexity index is 1560. The van der Waals surface area contributed by atoms with E-state index in [2.05, 4.69) is 0 Å². The lowest BCUT2D eigenvalue weighted by atomic mass is 9.90. The van der Waals surface area contributed by atoms with E-state index in [-0.39, 0.29) is 26.4 Å². The highest BCUT2D eigenvalue weighted by Crippen LogP contribution is 2.52. The lowest BCUT2D eigenvalue weighted by Crippen LogP contribution is -2.17. The molecule has 2 unspecified atom stereocenters. The Kier molecular flexibility index (Phi) is 6.67. The molecule has 0 saturated heterocycles. The second-order valence-corrected chi connectivity index (χ2v) is 14.1. The van der Waals surface area contributed by atoms with Gasteiger partial charge in [-0.2, -0.15) is 0 Å². The van der Waals surface area contributed by atoms with Gasteiger partial charge in [0, 0.05) is 56.9 Å². The number of ether oxygens (including phenoxy) is 1. The van der Waals surface area contributed by atoms with Crippen LogP contribution < -0.4 is 4.74 Å². The molecule has 188 valence electrons. The van der Waals surface area contributed by atoms with Gasteiger partial charge in [-0.25, -0.2) is 16.8 Å². The first-order valence-electron chi connectivity index (χ1n) is 10.6. The lowest BCUT2D eigenvalue weighted by Gasteiger charge is -2.17. The second kappa shape index (κ2) is 9.02. The van der Waals surface area contributed by atoms with Crippen LogP contribution in [0.25, 0.3) is 10.9 Å². The number of aliphatic carboxylic acids is 1. The Hall–Kier alpha value is -2.21. The first-order chi connectivity index (χ1) is 16.3. The van der Waals surface area contributed by atoms with Crippen LogP contribution >= 0.6 is 23.4 Å². The molecule has 0 bridgehead atoms. The van der Waals surface area contributed by atoms with Crippen LogP contribution in [-0.4, -0.2) is 52.1 Å². The minimum Gasteiger partial charge on any atom is -0.495 e. The third kappa shape index (κ3) is 4.54. The summed E-state index contributed by atoms with van der Waals surface area (Å²) in [6, 6.07) is 8.18. The standard InChI is InChI=1S/C23H24ClNO7S3/c1-12(23(26)27)15-9-10-25-19(15)21(33-14-7-5-13(24)6-8-14)18-17(34(3,28)29)11-16(32-2)22(20(18)25)35(4,30)31/h5-8,11-12,15H,9-10H2,1-4H3,(H,26,27). The number of rotatable bonds is 7. The first kappa shape index (κ1) is 25.9. The molecule has 4 rings (SSSR count). The van der Waals surface area contributed by atoms with Gasteiger partial charge in [-0.3, -0.25) is 4.79 Å². The van der Waals surface area contributed by atoms with Crippen LogP contribution in [0, 0.1) is 5.92 Å². The highest BCUT2D eigenvalue weighted by Gasteiger charge is 2.40. The Morgan fingerprint density at radius 2 is 1.80 bits per heavy atom. The van der Waals surface area contributed by atoms with Gasteiger partial charge in [-0.1, -0.05) is 30.3 Å². The smallest absolute Gasteiger partial charge is 0.306 e. The van der Waals surface area contributed by atoms with Gasteiger partial charge < -0.3 is 14.4 Å². The summed E-state index contributed by atoms with van der Waals surface area (Å²) in [4.78, 5) is 13.0. The highest BCUT2D eigenvalue weighted by molar-refractivity contribution is 7.99. The van der Waals surface area contributed by atoms with Crippen molar-refractivity contribution in [1.82, 2.24) is 4.57 Å². The van der Waals surface area contributed by atoms with Crippen LogP contribution in [0.1, 0.15) is 25.0 Å². The molecule has 0 spiro atoms. The molecule has 12 heteroatoms. The van der Waals surface area contributed by atoms with Gasteiger partial charge >= 0.3 is 5.97 Å². The molecule has 0 fully saturated rings. The van der Waals surface area contributed by atoms with Crippen LogP contribution in [0.2, 0.25) is 5.02 Å². The van der Waals surface area contributed by atoms with Gasteiger partial charge in [0.2, 0.25) is 0 Å². The quantitative estimate of drug-likeness (QED) is 0.452. The van der Waals surface area contributed by atoms with E-state index in [0.29, 0.717) is 28.6 Å². The SMILES string of the molecule is COc1cc(S(C)(=O)=O)c2c(Sc3ccc(Cl)cc3)c3n(c2c1S(C)(=O)=O)CCC3C(C)C(=O)O. The zero-order chi connectivity index (χ0) is 25.9. The molecule has 1 aromatic heterocycles. The molecule has 0 aliphatic carbocycles. The predicted molar refractivity (Wildman–Crippen MR) is 134 cm³/mol. The third-order valence-electron chi connectivity index (χ3n) is 6.24. The highest BCUT2D eigenvalue weighted by atomic mass is 35.5. The summed E-state index contributed by atoms with van der Waals surface area (Å²) >= 11 is 7.29. The minimum atomic E-state index is -3.86. The van der Waals surface area contributed by atoms with E-state index >= 15 is 0 Å². The van der Waals surface area contributed by atoms with Crippen molar-refractivity contribution in [1.29, 1.82) is 0 Å². The van der Waals surface area contributed by atoms with Crippen molar-refractivity contribution < 1.29 is 31.5 Å². The van der Waals surface area contributed by atoms with Gasteiger partial charge in [-0.15, -0.1) is 0 Å². The summed E-state index contributed by atoms with van der Waals surface area (Å²) in [5, 5.41) is 10.5. The van der Waals surface area contributed by atoms with E-state index in [0.717, 1.165) is 17.4 Å². The summed E-state index contributed by atoms with van der Waals surface area (Å²) in [5.41, 5.74) is 0.830. The number of hydrogen-bond donors (Lipinski definition) is 1. The summed E-state index contributed by atoms with van der Waals surface area (Å²) in [7, 11) is -6.40. The van der Waals surface area contributed by atoms with Crippen molar-refractivity contribution in [2.24, 2.45) is 5.92 Å². The van der Waals surface area contributed by atoms with Crippen molar-refractivity contribution in [3.8, 4) is 5.75 Å². The molecule has 0 amide bonds. The second-order valence-electron chi connectivity index (χ2n) is 8.62. The number of methoxy groups -OCH3 is 1. The Labute approximate surface area is 213 Å². The summed E-state index contributed by atoms with van der Waals surface area (Å²) in [6.07, 6.45) is 2.57. The molecule has 1 aliphatic rings. The van der Waals surface area contributed by atoms with Crippen LogP contribution in [0.4, 0.5) is 0 Å². The minimum absolute atomic E-state index is 0.0708. The molecule has 0 saturated carbocycles. The summed E-state index contributed by atoms with van der Waals surface area (Å²) in [5.74, 6) is -2.27. The van der Waals surface area contributed by atoms with E-state index in [4.69, 9.17) is 16.3 Å². The average molecular weight is 558 g/mol. The number of aromatic nitrogens is 1. The van der Waals surface area contributed by atoms with Crippen LogP contribution in [0.3, 0.4) is 0 Å². The van der Waals surface area contributed by atoms with Gasteiger partial charge in [0.05, 0.1) is 23.4 Å². The number of fused-ring (bicyclic) bond motifs is 3. The number of hydrogen-bond acceptors (Lipinski definition) is 7. The monoisotopic (exact) mass is 557 g/mol. The maximum atomic E-state index is 13.0. The largest absolute Gasteiger partial charge is 0.495 e. The van der Waals surface area contributed by atoms with Crippen molar-refractivity contribution in [2.45, 2.75) is 45.4 Å². The molecular formula is C23H24ClNO7S3. The molecule has 2 atom stereocenters. The number of carboxylic acid groups (broad SMARTS) is 1. The fraction of sp³-hybridized carbons (Fsp3) is 0.348. The van der Waals surface area contributed by atoms with Crippen LogP contribution in [0.15, 0.2) is 49.9 Å². The van der Waals surface area contributed by atoms with Crippen molar-refractivity contribution >= 4 is 59.9 Å². The van der Waals surface area contributed by atoms with E-state index in [1.807, 2.05) is 0 Å². The number of carboxylic acids is 1. The van der Waals surface area contributed by atoms with Gasteiger partial charge in [0.25, 0.3) is 0 Å². The lowest BCUT2D eigenvalue weighted by molar-refractivity contribution is -0.141. The number of aryl methyl sites for hydroxylation is 1. The maximum Gasteiger partial charge on any atom is 0.306 e. The van der Waals surface area contributed by atoms with E-state index in [9.17, 15) is 26.7 Å². The first-order valence-corrected chi connectivity index (χ1v) is 15.6. The van der Waals surface area contributed by atoms with Crippen molar-refractivity contribution in [2.75, 3.05) is 19.6 Å². The number of carbonyl (C=O) groups is 1. The average Bonchev–Trinajstić information content (AvgIpc) is 3.31. The summed E-state index contributed by atoms with van der Waals surface area (Å²) in [6.45, 7) is 1.95. The maximum absolute atomic E-state index is 13.0. The van der Waals surface area contributed by atoms with Crippen LogP contribution in [0.5, 0.6) is 5.75 Å². The van der Waals surface area contributed by atoms with E-state index < -0.39 is 37.5 Å². The Morgan fingerprint density at radius 3 is 2.31 bits per heavy atom. The fourth-order valence-electron chi connectivity index (χ4n) is 4.64. The number of benzene rings is 2. The van der Waals surface area contributed by atoms with Gasteiger partial charge in [-0.05, 0) is 30.7 Å². The van der Waals surface area contributed by atoms with Crippen LogP contribution in [-0.2, 0) is 31.0 Å². The number of nitrogens with zero attached hydrogens (tertiary/aromatic N) is 1. The molecule has 0 radical (unpaired) electrons. The number of sulfone groups is 2. The van der Waals surface area contributed by atoms with Crippen molar-refractivity contribution in [3.63, 3.8) is 0 Å². The topological polar surface area (TPSA) is 120 Å². The number of halogens is 1. The zero-order valence-corrected chi connectivity index (χ0v) is 22.6. The van der Waals surface area contributed by atoms with Gasteiger partial charge in [0.1, 0.15) is 10.6 Å². The Balaban J connectivity index is 2.21. The van der Waals surface area contributed by atoms with E-state index in [1.165, 1.54) is 24.9 Å². The normalized spacial score (nSPS) is 16.9. The molecule has 2 aromatic carbocycles. The molecule has 3 aromatic rings. The molecule has 1 aliphatic heterocycles. The predicted octanol–water partition coefficient (Wildman–Crippen LogP) is 4.47.